The van der Waals surface area contributed by atoms with Gasteiger partial charge in [0.05, 0.1) is 18.6 Å². The van der Waals surface area contributed by atoms with Gasteiger partial charge in [-0.3, -0.25) is 0 Å². The van der Waals surface area contributed by atoms with Gasteiger partial charge in [-0.15, -0.1) is 0 Å². The first-order valence-electron chi connectivity index (χ1n) is 6.55. The summed E-state index contributed by atoms with van der Waals surface area (Å²) in [5.41, 5.74) is 1.24. The quantitative estimate of drug-likeness (QED) is 0.773. The van der Waals surface area contributed by atoms with E-state index in [1.807, 2.05) is 6.33 Å². The highest BCUT2D eigenvalue weighted by Gasteiger charge is 2.29. The maximum Gasteiger partial charge on any atom is 0.0955 e. The van der Waals surface area contributed by atoms with E-state index in [0.29, 0.717) is 0 Å². The molecule has 0 aliphatic carbocycles. The Morgan fingerprint density at radius 1 is 1.50 bits per heavy atom. The number of nitrogens with zero attached hydrogens (tertiary/aromatic N) is 2. The molecular formula is C13H23N3O2. The second-order valence-electron chi connectivity index (χ2n) is 5.05. The van der Waals surface area contributed by atoms with Crippen molar-refractivity contribution in [2.45, 2.75) is 31.8 Å². The largest absolute Gasteiger partial charge is 0.383 e. The van der Waals surface area contributed by atoms with Crippen LogP contribution in [0.25, 0.3) is 0 Å². The summed E-state index contributed by atoms with van der Waals surface area (Å²) in [4.78, 5) is 4.45. The molecule has 18 heavy (non-hydrogen) atoms. The van der Waals surface area contributed by atoms with Crippen molar-refractivity contribution in [1.29, 1.82) is 0 Å². The molecule has 0 radical (unpaired) electrons. The number of methoxy groups -OCH3 is 1. The summed E-state index contributed by atoms with van der Waals surface area (Å²) in [7, 11) is 1.71. The lowest BCUT2D eigenvalue weighted by atomic mass is 9.92. The molecule has 0 spiro atoms. The summed E-state index contributed by atoms with van der Waals surface area (Å²) in [5, 5.41) is 3.31. The van der Waals surface area contributed by atoms with Crippen LogP contribution in [0.2, 0.25) is 0 Å². The Hall–Kier alpha value is -0.910. The van der Waals surface area contributed by atoms with Crippen LogP contribution in [0.5, 0.6) is 0 Å². The standard InChI is InChI=1S/C13H23N3O2/c1-13(3-6-18-7-4-13)16-10-12(15-11-16)9-14-5-8-17-2/h10-11,14H,3-9H2,1-2H3. The number of rotatable bonds is 6. The molecule has 1 N–H and O–H groups in total. The fourth-order valence-electron chi connectivity index (χ4n) is 2.21. The van der Waals surface area contributed by atoms with E-state index in [-0.39, 0.29) is 5.54 Å². The van der Waals surface area contributed by atoms with Gasteiger partial charge in [0.2, 0.25) is 0 Å². The predicted molar refractivity (Wildman–Crippen MR) is 69.5 cm³/mol. The molecule has 102 valence electrons. The minimum absolute atomic E-state index is 0.163. The zero-order chi connectivity index (χ0) is 12.8. The molecule has 1 aromatic heterocycles. The first kappa shape index (κ1) is 13.5. The molecule has 1 aliphatic rings. The second-order valence-corrected chi connectivity index (χ2v) is 5.05. The SMILES string of the molecule is COCCNCc1cn(C2(C)CCOCC2)cn1. The van der Waals surface area contributed by atoms with Crippen LogP contribution in [-0.4, -0.2) is 43.0 Å². The molecule has 1 aliphatic heterocycles. The summed E-state index contributed by atoms with van der Waals surface area (Å²) < 4.78 is 12.7. The topological polar surface area (TPSA) is 48.3 Å². The van der Waals surface area contributed by atoms with E-state index < -0.39 is 0 Å². The van der Waals surface area contributed by atoms with Crippen molar-refractivity contribution in [3.05, 3.63) is 18.2 Å². The van der Waals surface area contributed by atoms with Crippen LogP contribution in [0, 0.1) is 0 Å². The Morgan fingerprint density at radius 3 is 3.00 bits per heavy atom. The zero-order valence-corrected chi connectivity index (χ0v) is 11.3. The predicted octanol–water partition coefficient (Wildman–Crippen LogP) is 1.14. The van der Waals surface area contributed by atoms with E-state index in [2.05, 4.69) is 28.0 Å². The van der Waals surface area contributed by atoms with Crippen LogP contribution in [0.15, 0.2) is 12.5 Å². The van der Waals surface area contributed by atoms with Crippen molar-refractivity contribution in [2.75, 3.05) is 33.5 Å². The molecule has 0 atom stereocenters. The molecule has 1 aromatic rings. The molecule has 0 unspecified atom stereocenters. The highest BCUT2D eigenvalue weighted by molar-refractivity contribution is 5.01. The normalized spacial score (nSPS) is 19.0. The van der Waals surface area contributed by atoms with Crippen molar-refractivity contribution < 1.29 is 9.47 Å². The van der Waals surface area contributed by atoms with Gasteiger partial charge in [-0.25, -0.2) is 4.98 Å². The van der Waals surface area contributed by atoms with Gasteiger partial charge in [0.25, 0.3) is 0 Å². The van der Waals surface area contributed by atoms with Gasteiger partial charge in [0.1, 0.15) is 0 Å². The molecule has 1 saturated heterocycles. The van der Waals surface area contributed by atoms with Crippen molar-refractivity contribution >= 4 is 0 Å². The lowest BCUT2D eigenvalue weighted by Gasteiger charge is -2.34. The maximum absolute atomic E-state index is 5.43. The second kappa shape index (κ2) is 6.31. The molecule has 2 rings (SSSR count). The third-order valence-electron chi connectivity index (χ3n) is 3.62. The van der Waals surface area contributed by atoms with Crippen LogP contribution in [0.1, 0.15) is 25.5 Å². The Balaban J connectivity index is 1.88. The van der Waals surface area contributed by atoms with E-state index in [4.69, 9.17) is 9.47 Å². The fraction of sp³-hybridized carbons (Fsp3) is 0.769. The van der Waals surface area contributed by atoms with Crippen molar-refractivity contribution in [3.8, 4) is 0 Å². The maximum atomic E-state index is 5.43. The molecule has 0 amide bonds. The zero-order valence-electron chi connectivity index (χ0n) is 11.3. The molecule has 0 saturated carbocycles. The van der Waals surface area contributed by atoms with Gasteiger partial charge in [-0.1, -0.05) is 0 Å². The molecule has 5 heteroatoms. The summed E-state index contributed by atoms with van der Waals surface area (Å²) in [5.74, 6) is 0. The van der Waals surface area contributed by atoms with Gasteiger partial charge in [0, 0.05) is 45.1 Å². The van der Waals surface area contributed by atoms with Crippen molar-refractivity contribution in [2.24, 2.45) is 0 Å². The van der Waals surface area contributed by atoms with Gasteiger partial charge < -0.3 is 19.4 Å². The summed E-state index contributed by atoms with van der Waals surface area (Å²) in [6.45, 7) is 6.35. The number of ether oxygens (including phenoxy) is 2. The van der Waals surface area contributed by atoms with E-state index in [1.54, 1.807) is 7.11 Å². The number of hydrogen-bond acceptors (Lipinski definition) is 4. The minimum atomic E-state index is 0.163. The smallest absolute Gasteiger partial charge is 0.0955 e. The number of aromatic nitrogens is 2. The van der Waals surface area contributed by atoms with Crippen molar-refractivity contribution in [3.63, 3.8) is 0 Å². The molecule has 0 aromatic carbocycles. The Labute approximate surface area is 108 Å². The Bertz CT molecular complexity index is 359. The van der Waals surface area contributed by atoms with Gasteiger partial charge in [0.15, 0.2) is 0 Å². The lowest BCUT2D eigenvalue weighted by Crippen LogP contribution is -2.35. The van der Waals surface area contributed by atoms with E-state index in [1.165, 1.54) is 0 Å². The summed E-state index contributed by atoms with van der Waals surface area (Å²) in [6.07, 6.45) is 6.20. The first-order valence-corrected chi connectivity index (χ1v) is 6.55. The van der Waals surface area contributed by atoms with Crippen LogP contribution in [-0.2, 0) is 21.6 Å². The third kappa shape index (κ3) is 3.31. The van der Waals surface area contributed by atoms with E-state index in [0.717, 1.165) is 51.4 Å². The highest BCUT2D eigenvalue weighted by Crippen LogP contribution is 2.28. The fourth-order valence-corrected chi connectivity index (χ4v) is 2.21. The van der Waals surface area contributed by atoms with Gasteiger partial charge in [-0.05, 0) is 19.8 Å². The monoisotopic (exact) mass is 253 g/mol. The van der Waals surface area contributed by atoms with E-state index in [9.17, 15) is 0 Å². The Kier molecular flexibility index (Phi) is 4.74. The van der Waals surface area contributed by atoms with Crippen LogP contribution in [0.4, 0.5) is 0 Å². The van der Waals surface area contributed by atoms with Gasteiger partial charge >= 0.3 is 0 Å². The summed E-state index contributed by atoms with van der Waals surface area (Å²) in [6, 6.07) is 0. The minimum Gasteiger partial charge on any atom is -0.383 e. The van der Waals surface area contributed by atoms with Crippen molar-refractivity contribution in [1.82, 2.24) is 14.9 Å². The molecule has 0 bridgehead atoms. The molecule has 2 heterocycles. The first-order chi connectivity index (χ1) is 8.74. The average molecular weight is 253 g/mol. The molecular weight excluding hydrogens is 230 g/mol. The highest BCUT2D eigenvalue weighted by atomic mass is 16.5. The Morgan fingerprint density at radius 2 is 2.28 bits per heavy atom. The molecule has 1 fully saturated rings. The molecule has 5 nitrogen and oxygen atoms in total. The average Bonchev–Trinajstić information content (AvgIpc) is 2.85. The van der Waals surface area contributed by atoms with Crippen LogP contribution in [0.3, 0.4) is 0 Å². The lowest BCUT2D eigenvalue weighted by molar-refractivity contribution is 0.0294. The van der Waals surface area contributed by atoms with E-state index >= 15 is 0 Å². The van der Waals surface area contributed by atoms with Crippen LogP contribution < -0.4 is 5.32 Å². The number of imidazole rings is 1. The third-order valence-corrected chi connectivity index (χ3v) is 3.62. The number of nitrogens with one attached hydrogen (secondary N) is 1. The van der Waals surface area contributed by atoms with Crippen LogP contribution >= 0.6 is 0 Å². The van der Waals surface area contributed by atoms with Gasteiger partial charge in [-0.2, -0.15) is 0 Å². The summed E-state index contributed by atoms with van der Waals surface area (Å²) >= 11 is 0. The number of hydrogen-bond donors (Lipinski definition) is 1.